The molecule has 1 aliphatic rings. The molecule has 4 heteroatoms. The predicted octanol–water partition coefficient (Wildman–Crippen LogP) is 2.75. The average molecular weight is 293 g/mol. The molecule has 0 saturated carbocycles. The van der Waals surface area contributed by atoms with Gasteiger partial charge in [0.25, 0.3) is 0 Å². The summed E-state index contributed by atoms with van der Waals surface area (Å²) in [6, 6.07) is 6.24. The maximum absolute atomic E-state index is 5.87. The van der Waals surface area contributed by atoms with Crippen LogP contribution in [0.4, 0.5) is 0 Å². The highest BCUT2D eigenvalue weighted by molar-refractivity contribution is 5.43. The average Bonchev–Trinajstić information content (AvgIpc) is 2.53. The minimum absolute atomic E-state index is 0.723. The van der Waals surface area contributed by atoms with Crippen LogP contribution in [0.25, 0.3) is 0 Å². The number of nitrogens with zero attached hydrogens (tertiary/aromatic N) is 1. The normalized spacial score (nSPS) is 15.9. The number of methoxy groups -OCH3 is 1. The van der Waals surface area contributed by atoms with E-state index in [0.717, 1.165) is 70.2 Å². The van der Waals surface area contributed by atoms with E-state index in [9.17, 15) is 0 Å². The lowest BCUT2D eigenvalue weighted by atomic mass is 10.1. The number of hydrogen-bond acceptors (Lipinski definition) is 4. The van der Waals surface area contributed by atoms with Crippen LogP contribution in [0.3, 0.4) is 0 Å². The van der Waals surface area contributed by atoms with Crippen LogP contribution in [0.2, 0.25) is 0 Å². The molecule has 0 atom stereocenters. The van der Waals surface area contributed by atoms with E-state index in [2.05, 4.69) is 24.0 Å². The van der Waals surface area contributed by atoms with Gasteiger partial charge in [-0.15, -0.1) is 0 Å². The van der Waals surface area contributed by atoms with Gasteiger partial charge < -0.3 is 14.2 Å². The van der Waals surface area contributed by atoms with Crippen molar-refractivity contribution in [3.05, 3.63) is 23.8 Å². The van der Waals surface area contributed by atoms with E-state index in [1.165, 1.54) is 5.56 Å². The Bertz CT molecular complexity index is 416. The smallest absolute Gasteiger partial charge is 0.161 e. The standard InChI is InChI=1S/C17H27NO3/c1-3-5-15-6-7-16(17(14-15)19-2)21-11-4-8-18-9-12-20-13-10-18/h6-7,14H,3-5,8-13H2,1-2H3. The molecule has 0 bridgehead atoms. The number of aryl methyl sites for hydroxylation is 1. The second-order valence-corrected chi connectivity index (χ2v) is 5.39. The maximum Gasteiger partial charge on any atom is 0.161 e. The first-order valence-electron chi connectivity index (χ1n) is 7.93. The minimum atomic E-state index is 0.723. The summed E-state index contributed by atoms with van der Waals surface area (Å²) in [5.74, 6) is 1.69. The Balaban J connectivity index is 1.76. The van der Waals surface area contributed by atoms with E-state index in [1.807, 2.05) is 6.07 Å². The van der Waals surface area contributed by atoms with Gasteiger partial charge in [-0.25, -0.2) is 0 Å². The Kier molecular flexibility index (Phi) is 6.83. The molecular formula is C17H27NO3. The van der Waals surface area contributed by atoms with Crippen LogP contribution in [0.5, 0.6) is 11.5 Å². The summed E-state index contributed by atoms with van der Waals surface area (Å²) in [7, 11) is 1.70. The van der Waals surface area contributed by atoms with E-state index in [4.69, 9.17) is 14.2 Å². The van der Waals surface area contributed by atoms with Crippen LogP contribution in [-0.4, -0.2) is 51.5 Å². The van der Waals surface area contributed by atoms with Crippen molar-refractivity contribution in [2.75, 3.05) is 46.6 Å². The summed E-state index contributed by atoms with van der Waals surface area (Å²) in [4.78, 5) is 2.43. The van der Waals surface area contributed by atoms with E-state index in [1.54, 1.807) is 7.11 Å². The van der Waals surface area contributed by atoms with Gasteiger partial charge in [0.1, 0.15) is 0 Å². The highest BCUT2D eigenvalue weighted by Gasteiger charge is 2.10. The summed E-state index contributed by atoms with van der Waals surface area (Å²) < 4.78 is 16.6. The molecule has 1 aliphatic heterocycles. The summed E-state index contributed by atoms with van der Waals surface area (Å²) in [5, 5.41) is 0. The van der Waals surface area contributed by atoms with Gasteiger partial charge in [0, 0.05) is 19.6 Å². The summed E-state index contributed by atoms with van der Waals surface area (Å²) in [6.07, 6.45) is 3.25. The van der Waals surface area contributed by atoms with Gasteiger partial charge in [-0.2, -0.15) is 0 Å². The molecule has 1 saturated heterocycles. The van der Waals surface area contributed by atoms with Crippen molar-refractivity contribution in [1.82, 2.24) is 4.90 Å². The maximum atomic E-state index is 5.87. The fourth-order valence-electron chi connectivity index (χ4n) is 2.57. The SMILES string of the molecule is CCCc1ccc(OCCCN2CCOCC2)c(OC)c1. The van der Waals surface area contributed by atoms with Crippen molar-refractivity contribution in [3.63, 3.8) is 0 Å². The Hall–Kier alpha value is -1.26. The van der Waals surface area contributed by atoms with Crippen molar-refractivity contribution >= 4 is 0 Å². The molecule has 1 heterocycles. The molecule has 0 aromatic heterocycles. The number of ether oxygens (including phenoxy) is 3. The molecule has 4 nitrogen and oxygen atoms in total. The van der Waals surface area contributed by atoms with Crippen molar-refractivity contribution < 1.29 is 14.2 Å². The van der Waals surface area contributed by atoms with Crippen LogP contribution in [0.15, 0.2) is 18.2 Å². The van der Waals surface area contributed by atoms with Crippen molar-refractivity contribution in [1.29, 1.82) is 0 Å². The molecular weight excluding hydrogens is 266 g/mol. The predicted molar refractivity (Wildman–Crippen MR) is 84.4 cm³/mol. The van der Waals surface area contributed by atoms with E-state index < -0.39 is 0 Å². The molecule has 118 valence electrons. The summed E-state index contributed by atoms with van der Waals surface area (Å²) >= 11 is 0. The first-order chi connectivity index (χ1) is 10.3. The van der Waals surface area contributed by atoms with Gasteiger partial charge >= 0.3 is 0 Å². The van der Waals surface area contributed by atoms with Crippen LogP contribution < -0.4 is 9.47 Å². The first-order valence-corrected chi connectivity index (χ1v) is 7.93. The lowest BCUT2D eigenvalue weighted by Gasteiger charge is -2.26. The van der Waals surface area contributed by atoms with Gasteiger partial charge in [0.05, 0.1) is 26.9 Å². The van der Waals surface area contributed by atoms with Crippen LogP contribution in [-0.2, 0) is 11.2 Å². The van der Waals surface area contributed by atoms with Crippen LogP contribution in [0, 0.1) is 0 Å². The topological polar surface area (TPSA) is 30.9 Å². The monoisotopic (exact) mass is 293 g/mol. The second kappa shape index (κ2) is 8.90. The molecule has 0 amide bonds. The molecule has 1 fully saturated rings. The van der Waals surface area contributed by atoms with Crippen molar-refractivity contribution in [2.24, 2.45) is 0 Å². The highest BCUT2D eigenvalue weighted by atomic mass is 16.5. The molecule has 21 heavy (non-hydrogen) atoms. The molecule has 0 aliphatic carbocycles. The Morgan fingerprint density at radius 1 is 1.19 bits per heavy atom. The minimum Gasteiger partial charge on any atom is -0.493 e. The number of benzene rings is 1. The molecule has 0 radical (unpaired) electrons. The quantitative estimate of drug-likeness (QED) is 0.690. The fraction of sp³-hybridized carbons (Fsp3) is 0.647. The number of morpholine rings is 1. The number of hydrogen-bond donors (Lipinski definition) is 0. The van der Waals surface area contributed by atoms with Gasteiger partial charge in [0.2, 0.25) is 0 Å². The molecule has 1 aromatic carbocycles. The first kappa shape index (κ1) is 16.1. The number of rotatable bonds is 8. The third kappa shape index (κ3) is 5.21. The summed E-state index contributed by atoms with van der Waals surface area (Å²) in [6.45, 7) is 7.76. The molecule has 2 rings (SSSR count). The Morgan fingerprint density at radius 2 is 2.00 bits per heavy atom. The Morgan fingerprint density at radius 3 is 2.71 bits per heavy atom. The van der Waals surface area contributed by atoms with Gasteiger partial charge in [-0.3, -0.25) is 4.90 Å². The van der Waals surface area contributed by atoms with Gasteiger partial charge in [-0.05, 0) is 30.5 Å². The highest BCUT2D eigenvalue weighted by Crippen LogP contribution is 2.28. The van der Waals surface area contributed by atoms with Crippen LogP contribution in [0.1, 0.15) is 25.3 Å². The van der Waals surface area contributed by atoms with E-state index >= 15 is 0 Å². The van der Waals surface area contributed by atoms with Gasteiger partial charge in [-0.1, -0.05) is 19.4 Å². The van der Waals surface area contributed by atoms with Crippen molar-refractivity contribution in [3.8, 4) is 11.5 Å². The molecule has 0 N–H and O–H groups in total. The molecule has 1 aromatic rings. The van der Waals surface area contributed by atoms with E-state index in [0.29, 0.717) is 0 Å². The Labute approximate surface area is 128 Å². The third-order valence-corrected chi connectivity index (χ3v) is 3.75. The van der Waals surface area contributed by atoms with Crippen LogP contribution >= 0.6 is 0 Å². The summed E-state index contributed by atoms with van der Waals surface area (Å²) in [5.41, 5.74) is 1.30. The second-order valence-electron chi connectivity index (χ2n) is 5.39. The van der Waals surface area contributed by atoms with Crippen molar-refractivity contribution in [2.45, 2.75) is 26.2 Å². The zero-order valence-electron chi connectivity index (χ0n) is 13.3. The zero-order chi connectivity index (χ0) is 14.9. The lowest BCUT2D eigenvalue weighted by Crippen LogP contribution is -2.37. The van der Waals surface area contributed by atoms with E-state index in [-0.39, 0.29) is 0 Å². The van der Waals surface area contributed by atoms with Gasteiger partial charge in [0.15, 0.2) is 11.5 Å². The zero-order valence-corrected chi connectivity index (χ0v) is 13.3. The molecule has 0 unspecified atom stereocenters. The molecule has 0 spiro atoms. The largest absolute Gasteiger partial charge is 0.493 e. The lowest BCUT2D eigenvalue weighted by molar-refractivity contribution is 0.0357. The third-order valence-electron chi connectivity index (χ3n) is 3.75. The fourth-order valence-corrected chi connectivity index (χ4v) is 2.57.